The second-order valence-electron chi connectivity index (χ2n) is 4.07. The van der Waals surface area contributed by atoms with Crippen LogP contribution in [0, 0.1) is 5.92 Å². The average molecular weight is 181 g/mol. The summed E-state index contributed by atoms with van der Waals surface area (Å²) in [6.07, 6.45) is 9.40. The molecule has 1 aliphatic rings. The molecular weight excluding hydrogens is 158 g/mol. The molecule has 0 saturated heterocycles. The van der Waals surface area contributed by atoms with Crippen LogP contribution in [0.5, 0.6) is 0 Å². The molecule has 1 rings (SSSR count). The van der Waals surface area contributed by atoms with Crippen molar-refractivity contribution in [1.82, 2.24) is 5.32 Å². The van der Waals surface area contributed by atoms with Gasteiger partial charge in [0.05, 0.1) is 0 Å². The topological polar surface area (TPSA) is 12.0 Å². The van der Waals surface area contributed by atoms with Gasteiger partial charge in [0, 0.05) is 0 Å². The molecule has 13 heavy (non-hydrogen) atoms. The van der Waals surface area contributed by atoms with Crippen LogP contribution >= 0.6 is 0 Å². The maximum atomic E-state index is 3.35. The third-order valence-electron chi connectivity index (χ3n) is 3.04. The first-order chi connectivity index (χ1) is 6.34. The highest BCUT2D eigenvalue weighted by Crippen LogP contribution is 2.30. The van der Waals surface area contributed by atoms with Crippen molar-refractivity contribution in [3.63, 3.8) is 0 Å². The van der Waals surface area contributed by atoms with Gasteiger partial charge in [0.25, 0.3) is 0 Å². The minimum atomic E-state index is 0.918. The molecule has 0 unspecified atom stereocenters. The Bertz CT molecular complexity index is 155. The van der Waals surface area contributed by atoms with E-state index in [4.69, 9.17) is 0 Å². The third-order valence-corrected chi connectivity index (χ3v) is 3.04. The highest BCUT2D eigenvalue weighted by molar-refractivity contribution is 5.05. The zero-order valence-corrected chi connectivity index (χ0v) is 9.10. The predicted octanol–water partition coefficient (Wildman–Crippen LogP) is 3.12. The van der Waals surface area contributed by atoms with Crippen molar-refractivity contribution < 1.29 is 0 Å². The molecule has 1 fully saturated rings. The van der Waals surface area contributed by atoms with Gasteiger partial charge in [-0.3, -0.25) is 0 Å². The molecule has 0 heterocycles. The van der Waals surface area contributed by atoms with Gasteiger partial charge in [-0.25, -0.2) is 0 Å². The van der Waals surface area contributed by atoms with Gasteiger partial charge in [-0.1, -0.05) is 31.4 Å². The van der Waals surface area contributed by atoms with Crippen molar-refractivity contribution in [2.45, 2.75) is 46.0 Å². The number of hydrogen-bond donors (Lipinski definition) is 1. The minimum absolute atomic E-state index is 0.918. The van der Waals surface area contributed by atoms with E-state index in [2.05, 4.69) is 25.2 Å². The summed E-state index contributed by atoms with van der Waals surface area (Å²) in [6.45, 7) is 6.70. The van der Waals surface area contributed by atoms with Crippen LogP contribution in [0.15, 0.2) is 11.6 Å². The van der Waals surface area contributed by atoms with Crippen molar-refractivity contribution >= 4 is 0 Å². The largest absolute Gasteiger partial charge is 0.317 e. The van der Waals surface area contributed by atoms with Crippen LogP contribution in [0.3, 0.4) is 0 Å². The van der Waals surface area contributed by atoms with Crippen molar-refractivity contribution in [2.24, 2.45) is 5.92 Å². The molecule has 0 atom stereocenters. The molecule has 1 aliphatic carbocycles. The molecule has 1 nitrogen and oxygen atoms in total. The Labute approximate surface area is 82.6 Å². The fraction of sp³-hybridized carbons (Fsp3) is 0.833. The number of allylic oxidation sites excluding steroid dienone is 1. The molecule has 1 saturated carbocycles. The Morgan fingerprint density at radius 3 is 2.69 bits per heavy atom. The maximum Gasteiger partial charge on any atom is -0.00143 e. The first kappa shape index (κ1) is 10.8. The van der Waals surface area contributed by atoms with Gasteiger partial charge in [0.2, 0.25) is 0 Å². The molecule has 0 amide bonds. The molecule has 1 N–H and O–H groups in total. The van der Waals surface area contributed by atoms with E-state index in [9.17, 15) is 0 Å². The summed E-state index contributed by atoms with van der Waals surface area (Å²) >= 11 is 0. The Hall–Kier alpha value is -0.300. The fourth-order valence-corrected chi connectivity index (χ4v) is 2.13. The SMILES string of the molecule is CCNCCC=C(C)C1CCCC1. The summed E-state index contributed by atoms with van der Waals surface area (Å²) in [7, 11) is 0. The lowest BCUT2D eigenvalue weighted by Gasteiger charge is -2.09. The highest BCUT2D eigenvalue weighted by Gasteiger charge is 2.15. The van der Waals surface area contributed by atoms with Crippen LogP contribution in [0.1, 0.15) is 46.0 Å². The number of rotatable bonds is 5. The quantitative estimate of drug-likeness (QED) is 0.507. The zero-order valence-electron chi connectivity index (χ0n) is 9.10. The zero-order chi connectivity index (χ0) is 9.52. The van der Waals surface area contributed by atoms with E-state index in [0.717, 1.165) is 19.0 Å². The molecule has 0 aromatic heterocycles. The van der Waals surface area contributed by atoms with Gasteiger partial charge in [-0.05, 0) is 45.2 Å². The average Bonchev–Trinajstić information content (AvgIpc) is 2.65. The first-order valence-corrected chi connectivity index (χ1v) is 5.72. The fourth-order valence-electron chi connectivity index (χ4n) is 2.13. The summed E-state index contributed by atoms with van der Waals surface area (Å²) in [4.78, 5) is 0. The standard InChI is InChI=1S/C12H23N/c1-3-13-10-6-7-11(2)12-8-4-5-9-12/h7,12-13H,3-6,8-10H2,1-2H3. The van der Waals surface area contributed by atoms with Crippen molar-refractivity contribution in [1.29, 1.82) is 0 Å². The lowest BCUT2D eigenvalue weighted by Crippen LogP contribution is -2.13. The van der Waals surface area contributed by atoms with E-state index < -0.39 is 0 Å². The molecule has 0 aliphatic heterocycles. The summed E-state index contributed by atoms with van der Waals surface area (Å²) in [6, 6.07) is 0. The summed E-state index contributed by atoms with van der Waals surface area (Å²) in [5.74, 6) is 0.918. The van der Waals surface area contributed by atoms with Crippen molar-refractivity contribution in [3.05, 3.63) is 11.6 Å². The number of hydrogen-bond acceptors (Lipinski definition) is 1. The summed E-state index contributed by atoms with van der Waals surface area (Å²) < 4.78 is 0. The van der Waals surface area contributed by atoms with E-state index in [1.54, 1.807) is 5.57 Å². The lowest BCUT2D eigenvalue weighted by atomic mass is 9.98. The summed E-state index contributed by atoms with van der Waals surface area (Å²) in [5, 5.41) is 3.35. The molecule has 0 aromatic carbocycles. The molecule has 0 radical (unpaired) electrons. The molecule has 1 heteroatoms. The molecule has 0 aromatic rings. The Balaban J connectivity index is 2.16. The molecule has 0 bridgehead atoms. The van der Waals surface area contributed by atoms with E-state index in [0.29, 0.717) is 0 Å². The van der Waals surface area contributed by atoms with Crippen LogP contribution < -0.4 is 5.32 Å². The van der Waals surface area contributed by atoms with Gasteiger partial charge < -0.3 is 5.32 Å². The van der Waals surface area contributed by atoms with Crippen LogP contribution in [0.2, 0.25) is 0 Å². The monoisotopic (exact) mass is 181 g/mol. The van der Waals surface area contributed by atoms with E-state index in [1.165, 1.54) is 32.1 Å². The molecule has 0 spiro atoms. The van der Waals surface area contributed by atoms with Gasteiger partial charge in [-0.2, -0.15) is 0 Å². The Morgan fingerprint density at radius 1 is 1.38 bits per heavy atom. The molecule has 76 valence electrons. The minimum Gasteiger partial charge on any atom is -0.317 e. The highest BCUT2D eigenvalue weighted by atomic mass is 14.8. The van der Waals surface area contributed by atoms with Gasteiger partial charge in [0.15, 0.2) is 0 Å². The van der Waals surface area contributed by atoms with Crippen LogP contribution in [0.4, 0.5) is 0 Å². The van der Waals surface area contributed by atoms with E-state index in [-0.39, 0.29) is 0 Å². The van der Waals surface area contributed by atoms with E-state index >= 15 is 0 Å². The van der Waals surface area contributed by atoms with Crippen LogP contribution in [-0.2, 0) is 0 Å². The third kappa shape index (κ3) is 3.95. The van der Waals surface area contributed by atoms with Crippen LogP contribution in [-0.4, -0.2) is 13.1 Å². The lowest BCUT2D eigenvalue weighted by molar-refractivity contribution is 0.634. The van der Waals surface area contributed by atoms with Gasteiger partial charge >= 0.3 is 0 Å². The molecular formula is C12H23N. The first-order valence-electron chi connectivity index (χ1n) is 5.72. The summed E-state index contributed by atoms with van der Waals surface area (Å²) in [5.41, 5.74) is 1.63. The maximum absolute atomic E-state index is 3.35. The predicted molar refractivity (Wildman–Crippen MR) is 58.9 cm³/mol. The van der Waals surface area contributed by atoms with Gasteiger partial charge in [-0.15, -0.1) is 0 Å². The number of nitrogens with one attached hydrogen (secondary N) is 1. The smallest absolute Gasteiger partial charge is 0.00143 e. The second-order valence-corrected chi connectivity index (χ2v) is 4.07. The van der Waals surface area contributed by atoms with Crippen LogP contribution in [0.25, 0.3) is 0 Å². The van der Waals surface area contributed by atoms with Crippen molar-refractivity contribution in [2.75, 3.05) is 13.1 Å². The Kier molecular flexibility index (Phi) is 5.14. The van der Waals surface area contributed by atoms with Crippen molar-refractivity contribution in [3.8, 4) is 0 Å². The second kappa shape index (κ2) is 6.20. The Morgan fingerprint density at radius 2 is 2.08 bits per heavy atom. The van der Waals surface area contributed by atoms with E-state index in [1.807, 2.05) is 0 Å². The van der Waals surface area contributed by atoms with Gasteiger partial charge in [0.1, 0.15) is 0 Å². The normalized spacial score (nSPS) is 19.7.